The number of hydrogen-bond acceptors (Lipinski definition) is 4. The lowest BCUT2D eigenvalue weighted by Gasteiger charge is -2.32. The zero-order chi connectivity index (χ0) is 19.8. The van der Waals surface area contributed by atoms with Gasteiger partial charge in [-0.3, -0.25) is 4.79 Å². The number of quaternary nitrogens is 1. The Morgan fingerprint density at radius 3 is 2.86 bits per heavy atom. The maximum absolute atomic E-state index is 13.0. The van der Waals surface area contributed by atoms with Crippen molar-refractivity contribution in [2.45, 2.75) is 31.7 Å². The van der Waals surface area contributed by atoms with Crippen LogP contribution in [0.5, 0.6) is 0 Å². The molecule has 29 heavy (non-hydrogen) atoms. The fraction of sp³-hybridized carbons (Fsp3) is 0.304. The molecule has 3 aromatic rings. The average molecular weight is 421 g/mol. The molecule has 2 aliphatic rings. The molecule has 2 atom stereocenters. The van der Waals surface area contributed by atoms with Crippen molar-refractivity contribution in [3.63, 3.8) is 0 Å². The summed E-state index contributed by atoms with van der Waals surface area (Å²) in [6.07, 6.45) is 4.11. The van der Waals surface area contributed by atoms with E-state index in [4.69, 9.17) is 0 Å². The molecule has 6 heteroatoms. The van der Waals surface area contributed by atoms with Gasteiger partial charge in [-0.1, -0.05) is 30.3 Å². The summed E-state index contributed by atoms with van der Waals surface area (Å²) in [5.74, 6) is -0.00367. The van der Waals surface area contributed by atoms with E-state index in [0.717, 1.165) is 42.8 Å². The molecule has 1 aliphatic carbocycles. The fourth-order valence-electron chi connectivity index (χ4n) is 4.69. The highest BCUT2D eigenvalue weighted by atomic mass is 32.1. The Bertz CT molecular complexity index is 1090. The summed E-state index contributed by atoms with van der Waals surface area (Å²) in [5, 5.41) is 15.6. The Morgan fingerprint density at radius 2 is 2.03 bits per heavy atom. The van der Waals surface area contributed by atoms with Gasteiger partial charge in [-0.25, -0.2) is 0 Å². The molecule has 0 spiro atoms. The van der Waals surface area contributed by atoms with Gasteiger partial charge in [0, 0.05) is 27.3 Å². The van der Waals surface area contributed by atoms with E-state index < -0.39 is 0 Å². The van der Waals surface area contributed by atoms with Gasteiger partial charge in [0.15, 0.2) is 6.54 Å². The zero-order valence-electron chi connectivity index (χ0n) is 16.0. The highest BCUT2D eigenvalue weighted by Gasteiger charge is 2.34. The monoisotopic (exact) mass is 420 g/mol. The van der Waals surface area contributed by atoms with Crippen LogP contribution in [-0.2, 0) is 24.1 Å². The summed E-state index contributed by atoms with van der Waals surface area (Å²) in [6.45, 7) is 1.34. The van der Waals surface area contributed by atoms with Crippen LogP contribution in [0.4, 0.5) is 5.00 Å². The van der Waals surface area contributed by atoms with Crippen LogP contribution in [0, 0.1) is 11.3 Å². The van der Waals surface area contributed by atoms with Crippen LogP contribution in [0.2, 0.25) is 0 Å². The number of amides is 1. The topological polar surface area (TPSA) is 57.3 Å². The van der Waals surface area contributed by atoms with Crippen LogP contribution in [0.1, 0.15) is 44.5 Å². The molecule has 1 unspecified atom stereocenters. The highest BCUT2D eigenvalue weighted by molar-refractivity contribution is 7.16. The predicted molar refractivity (Wildman–Crippen MR) is 117 cm³/mol. The summed E-state index contributed by atoms with van der Waals surface area (Å²) in [7, 11) is 0. The summed E-state index contributed by atoms with van der Waals surface area (Å²) in [6, 6.07) is 15.2. The predicted octanol–water partition coefficient (Wildman–Crippen LogP) is 3.34. The molecule has 146 valence electrons. The number of hydrogen-bond donors (Lipinski definition) is 2. The van der Waals surface area contributed by atoms with Gasteiger partial charge in [0.1, 0.15) is 17.1 Å². The number of nitrogens with one attached hydrogen (secondary N) is 2. The lowest BCUT2D eigenvalue weighted by molar-refractivity contribution is -0.919. The van der Waals surface area contributed by atoms with Crippen LogP contribution >= 0.6 is 22.7 Å². The second-order valence-electron chi connectivity index (χ2n) is 7.70. The summed E-state index contributed by atoms with van der Waals surface area (Å²) in [4.78, 5) is 16.9. The fourth-order valence-corrected chi connectivity index (χ4v) is 6.86. The number of fused-ring (bicyclic) bond motifs is 2. The molecule has 4 nitrogen and oxygen atoms in total. The molecule has 2 N–H and O–H groups in total. The molecular weight excluding hydrogens is 398 g/mol. The van der Waals surface area contributed by atoms with Gasteiger partial charge in [-0.15, -0.1) is 22.7 Å². The van der Waals surface area contributed by atoms with Gasteiger partial charge in [-0.05, 0) is 36.3 Å². The van der Waals surface area contributed by atoms with E-state index in [-0.39, 0.29) is 11.9 Å². The van der Waals surface area contributed by atoms with E-state index in [2.05, 4.69) is 47.1 Å². The first kappa shape index (κ1) is 18.6. The molecule has 1 aliphatic heterocycles. The maximum atomic E-state index is 13.0. The van der Waals surface area contributed by atoms with Gasteiger partial charge >= 0.3 is 0 Å². The van der Waals surface area contributed by atoms with Crippen molar-refractivity contribution in [2.75, 3.05) is 18.4 Å². The number of nitrogens with zero attached hydrogens (tertiary/aromatic N) is 1. The lowest BCUT2D eigenvalue weighted by Crippen LogP contribution is -3.14. The molecule has 0 bridgehead atoms. The van der Waals surface area contributed by atoms with E-state index in [1.807, 2.05) is 17.4 Å². The van der Waals surface area contributed by atoms with Crippen molar-refractivity contribution >= 4 is 33.6 Å². The van der Waals surface area contributed by atoms with Crippen molar-refractivity contribution in [3.05, 3.63) is 73.8 Å². The smallest absolute Gasteiger partial charge is 0.280 e. The Balaban J connectivity index is 1.38. The van der Waals surface area contributed by atoms with Crippen LogP contribution in [0.15, 0.2) is 41.8 Å². The van der Waals surface area contributed by atoms with Gasteiger partial charge in [0.25, 0.3) is 5.91 Å². The van der Waals surface area contributed by atoms with Crippen molar-refractivity contribution in [1.82, 2.24) is 0 Å². The molecule has 1 aromatic carbocycles. The van der Waals surface area contributed by atoms with Crippen molar-refractivity contribution in [1.29, 1.82) is 5.26 Å². The van der Waals surface area contributed by atoms with Gasteiger partial charge in [-0.2, -0.15) is 5.26 Å². The minimum Gasteiger partial charge on any atom is -0.317 e. The second-order valence-corrected chi connectivity index (χ2v) is 9.81. The molecular formula is C23H22N3OS2+. The third-order valence-electron chi connectivity index (χ3n) is 5.98. The number of aryl methyl sites for hydroxylation is 1. The standard InChI is InChI=1S/C23H21N3OS2/c24-13-18-16-7-4-8-20(16)29-23(18)25-21(27)14-26-11-9-19-17(10-12-28-19)22(26)15-5-2-1-3-6-15/h1-3,5-6,10,12,22H,4,7-9,11,14H2,(H,25,27)/p+1/t22-/m0/s1. The van der Waals surface area contributed by atoms with Crippen LogP contribution in [-0.4, -0.2) is 19.0 Å². The minimum atomic E-state index is -0.00367. The van der Waals surface area contributed by atoms with E-state index in [9.17, 15) is 10.1 Å². The van der Waals surface area contributed by atoms with Gasteiger partial charge < -0.3 is 10.2 Å². The zero-order valence-corrected chi connectivity index (χ0v) is 17.7. The van der Waals surface area contributed by atoms with Crippen molar-refractivity contribution in [2.24, 2.45) is 0 Å². The quantitative estimate of drug-likeness (QED) is 0.680. The second kappa shape index (κ2) is 7.75. The number of rotatable bonds is 4. The Morgan fingerprint density at radius 1 is 1.17 bits per heavy atom. The van der Waals surface area contributed by atoms with Crippen LogP contribution in [0.25, 0.3) is 0 Å². The first-order chi connectivity index (χ1) is 14.2. The Kier molecular flexibility index (Phi) is 4.96. The van der Waals surface area contributed by atoms with Crippen LogP contribution < -0.4 is 10.2 Å². The minimum absolute atomic E-state index is 0.00367. The van der Waals surface area contributed by atoms with Crippen molar-refractivity contribution < 1.29 is 9.69 Å². The molecule has 5 rings (SSSR count). The number of thiophene rings is 2. The summed E-state index contributed by atoms with van der Waals surface area (Å²) >= 11 is 3.41. The van der Waals surface area contributed by atoms with E-state index >= 15 is 0 Å². The lowest BCUT2D eigenvalue weighted by atomic mass is 9.93. The van der Waals surface area contributed by atoms with E-state index in [1.165, 1.54) is 25.8 Å². The molecule has 0 saturated heterocycles. The van der Waals surface area contributed by atoms with Crippen molar-refractivity contribution in [3.8, 4) is 6.07 Å². The van der Waals surface area contributed by atoms with Crippen LogP contribution in [0.3, 0.4) is 0 Å². The first-order valence-electron chi connectivity index (χ1n) is 10.0. The highest BCUT2D eigenvalue weighted by Crippen LogP contribution is 2.38. The molecule has 0 radical (unpaired) electrons. The third kappa shape index (κ3) is 3.40. The normalized spacial score (nSPS) is 20.0. The molecule has 0 fully saturated rings. The molecule has 0 saturated carbocycles. The summed E-state index contributed by atoms with van der Waals surface area (Å²) < 4.78 is 0. The first-order valence-corrected chi connectivity index (χ1v) is 11.7. The average Bonchev–Trinajstić information content (AvgIpc) is 3.44. The Labute approximate surface area is 178 Å². The number of carbonyl (C=O) groups excluding carboxylic acids is 1. The largest absolute Gasteiger partial charge is 0.317 e. The number of nitriles is 1. The molecule has 2 aromatic heterocycles. The SMILES string of the molecule is N#Cc1c(NC(=O)C[NH+]2CCc3sccc3[C@@H]2c2ccccc2)sc2c1CCC2. The number of benzene rings is 1. The van der Waals surface area contributed by atoms with Gasteiger partial charge in [0.2, 0.25) is 0 Å². The Hall–Kier alpha value is -2.46. The van der Waals surface area contributed by atoms with E-state index in [1.54, 1.807) is 11.3 Å². The van der Waals surface area contributed by atoms with E-state index in [0.29, 0.717) is 12.1 Å². The van der Waals surface area contributed by atoms with Gasteiger partial charge in [0.05, 0.1) is 12.1 Å². The number of anilines is 1. The summed E-state index contributed by atoms with van der Waals surface area (Å²) in [5.41, 5.74) is 4.44. The molecule has 1 amide bonds. The third-order valence-corrected chi connectivity index (χ3v) is 8.18. The maximum Gasteiger partial charge on any atom is 0.280 e. The molecule has 3 heterocycles. The number of carbonyl (C=O) groups is 1.